The Morgan fingerprint density at radius 1 is 1.54 bits per heavy atom. The Bertz CT molecular complexity index is 329. The number of oxime groups is 1. The standard InChI is InChI=1S/C11H13NO/c1-3-6-10-7-4-5-8-11(10)9(2)12-13/h3-5,7-8,13H,1,6H2,2H3. The zero-order valence-electron chi connectivity index (χ0n) is 7.70. The third-order valence-corrected chi connectivity index (χ3v) is 1.92. The van der Waals surface area contributed by atoms with Crippen molar-refractivity contribution >= 4 is 5.71 Å². The average Bonchev–Trinajstić information content (AvgIpc) is 2.18. The van der Waals surface area contributed by atoms with E-state index in [1.807, 2.05) is 30.3 Å². The quantitative estimate of drug-likeness (QED) is 0.325. The van der Waals surface area contributed by atoms with Crippen LogP contribution in [0.5, 0.6) is 0 Å². The number of benzene rings is 1. The molecule has 0 amide bonds. The van der Waals surface area contributed by atoms with Crippen LogP contribution in [0.25, 0.3) is 0 Å². The first kappa shape index (κ1) is 9.52. The molecule has 0 radical (unpaired) electrons. The summed E-state index contributed by atoms with van der Waals surface area (Å²) >= 11 is 0. The summed E-state index contributed by atoms with van der Waals surface area (Å²) in [4.78, 5) is 0. The largest absolute Gasteiger partial charge is 0.411 e. The molecule has 0 aliphatic carbocycles. The number of allylic oxidation sites excluding steroid dienone is 1. The second kappa shape index (κ2) is 4.45. The maximum absolute atomic E-state index is 8.64. The molecule has 0 heterocycles. The highest BCUT2D eigenvalue weighted by atomic mass is 16.4. The molecule has 1 rings (SSSR count). The van der Waals surface area contributed by atoms with Gasteiger partial charge in [0.15, 0.2) is 0 Å². The van der Waals surface area contributed by atoms with E-state index >= 15 is 0 Å². The fourth-order valence-corrected chi connectivity index (χ4v) is 1.26. The van der Waals surface area contributed by atoms with Crippen molar-refractivity contribution in [1.29, 1.82) is 0 Å². The van der Waals surface area contributed by atoms with E-state index in [4.69, 9.17) is 5.21 Å². The molecule has 0 aliphatic heterocycles. The van der Waals surface area contributed by atoms with Crippen molar-refractivity contribution < 1.29 is 5.21 Å². The number of hydrogen-bond donors (Lipinski definition) is 1. The van der Waals surface area contributed by atoms with Gasteiger partial charge in [-0.1, -0.05) is 35.5 Å². The summed E-state index contributed by atoms with van der Waals surface area (Å²) in [6, 6.07) is 7.84. The molecule has 2 nitrogen and oxygen atoms in total. The molecule has 2 heteroatoms. The Morgan fingerprint density at radius 2 is 2.23 bits per heavy atom. The Labute approximate surface area is 78.2 Å². The van der Waals surface area contributed by atoms with Crippen molar-refractivity contribution in [1.82, 2.24) is 0 Å². The first-order chi connectivity index (χ1) is 6.29. The van der Waals surface area contributed by atoms with Crippen LogP contribution in [0.1, 0.15) is 18.1 Å². The van der Waals surface area contributed by atoms with Gasteiger partial charge in [-0.05, 0) is 18.9 Å². The summed E-state index contributed by atoms with van der Waals surface area (Å²) in [7, 11) is 0. The summed E-state index contributed by atoms with van der Waals surface area (Å²) in [6.07, 6.45) is 2.63. The van der Waals surface area contributed by atoms with Crippen LogP contribution in [0.4, 0.5) is 0 Å². The van der Waals surface area contributed by atoms with Crippen molar-refractivity contribution in [3.63, 3.8) is 0 Å². The summed E-state index contributed by atoms with van der Waals surface area (Å²) in [5, 5.41) is 11.8. The van der Waals surface area contributed by atoms with Crippen LogP contribution < -0.4 is 0 Å². The zero-order chi connectivity index (χ0) is 9.68. The maximum atomic E-state index is 8.64. The lowest BCUT2D eigenvalue weighted by atomic mass is 10.0. The highest BCUT2D eigenvalue weighted by Crippen LogP contribution is 2.10. The SMILES string of the molecule is C=CCc1ccccc1C(C)=NO. The van der Waals surface area contributed by atoms with Crippen molar-refractivity contribution in [2.75, 3.05) is 0 Å². The first-order valence-corrected chi connectivity index (χ1v) is 4.17. The lowest BCUT2D eigenvalue weighted by Gasteiger charge is -2.04. The van der Waals surface area contributed by atoms with Gasteiger partial charge in [-0.25, -0.2) is 0 Å². The lowest BCUT2D eigenvalue weighted by molar-refractivity contribution is 0.319. The molecule has 0 bridgehead atoms. The molecule has 0 atom stereocenters. The lowest BCUT2D eigenvalue weighted by Crippen LogP contribution is -1.99. The molecule has 0 unspecified atom stereocenters. The van der Waals surface area contributed by atoms with Gasteiger partial charge in [0.25, 0.3) is 0 Å². The minimum absolute atomic E-state index is 0.637. The van der Waals surface area contributed by atoms with Crippen molar-refractivity contribution in [3.05, 3.63) is 48.0 Å². The van der Waals surface area contributed by atoms with E-state index in [-0.39, 0.29) is 0 Å². The van der Waals surface area contributed by atoms with Crippen LogP contribution >= 0.6 is 0 Å². The van der Waals surface area contributed by atoms with Crippen LogP contribution in [0.15, 0.2) is 42.1 Å². The predicted molar refractivity (Wildman–Crippen MR) is 54.3 cm³/mol. The second-order valence-corrected chi connectivity index (χ2v) is 2.84. The molecular weight excluding hydrogens is 162 g/mol. The third kappa shape index (κ3) is 2.18. The highest BCUT2D eigenvalue weighted by molar-refractivity contribution is 5.99. The molecule has 0 aromatic heterocycles. The molecule has 1 aromatic carbocycles. The number of rotatable bonds is 3. The van der Waals surface area contributed by atoms with Crippen LogP contribution in [-0.2, 0) is 6.42 Å². The van der Waals surface area contributed by atoms with Crippen molar-refractivity contribution in [3.8, 4) is 0 Å². The Hall–Kier alpha value is -1.57. The molecule has 0 saturated carbocycles. The monoisotopic (exact) mass is 175 g/mol. The van der Waals surface area contributed by atoms with E-state index in [9.17, 15) is 0 Å². The van der Waals surface area contributed by atoms with Crippen LogP contribution in [0, 0.1) is 0 Å². The number of nitrogens with zero attached hydrogens (tertiary/aromatic N) is 1. The Morgan fingerprint density at radius 3 is 2.85 bits per heavy atom. The summed E-state index contributed by atoms with van der Waals surface area (Å²) in [6.45, 7) is 5.46. The van der Waals surface area contributed by atoms with Gasteiger partial charge in [0.1, 0.15) is 0 Å². The Kier molecular flexibility index (Phi) is 3.26. The third-order valence-electron chi connectivity index (χ3n) is 1.92. The molecule has 0 saturated heterocycles. The molecule has 1 aromatic rings. The van der Waals surface area contributed by atoms with Gasteiger partial charge in [0.2, 0.25) is 0 Å². The smallest absolute Gasteiger partial charge is 0.0839 e. The van der Waals surface area contributed by atoms with Gasteiger partial charge in [-0.3, -0.25) is 0 Å². The predicted octanol–water partition coefficient (Wildman–Crippen LogP) is 2.61. The topological polar surface area (TPSA) is 32.6 Å². The van der Waals surface area contributed by atoms with Gasteiger partial charge in [0.05, 0.1) is 5.71 Å². The molecule has 13 heavy (non-hydrogen) atoms. The van der Waals surface area contributed by atoms with Gasteiger partial charge >= 0.3 is 0 Å². The minimum Gasteiger partial charge on any atom is -0.411 e. The summed E-state index contributed by atoms with van der Waals surface area (Å²) in [5.41, 5.74) is 2.75. The summed E-state index contributed by atoms with van der Waals surface area (Å²) in [5.74, 6) is 0. The molecule has 1 N–H and O–H groups in total. The van der Waals surface area contributed by atoms with E-state index in [2.05, 4.69) is 11.7 Å². The Balaban J connectivity index is 3.11. The maximum Gasteiger partial charge on any atom is 0.0839 e. The molecule has 0 spiro atoms. The van der Waals surface area contributed by atoms with Crippen LogP contribution in [0.3, 0.4) is 0 Å². The van der Waals surface area contributed by atoms with Crippen molar-refractivity contribution in [2.45, 2.75) is 13.3 Å². The minimum atomic E-state index is 0.637. The zero-order valence-corrected chi connectivity index (χ0v) is 7.70. The molecule has 0 aliphatic rings. The second-order valence-electron chi connectivity index (χ2n) is 2.84. The normalized spacial score (nSPS) is 11.3. The van der Waals surface area contributed by atoms with Gasteiger partial charge in [0, 0.05) is 5.56 Å². The van der Waals surface area contributed by atoms with Crippen molar-refractivity contribution in [2.24, 2.45) is 5.16 Å². The van der Waals surface area contributed by atoms with E-state index in [0.29, 0.717) is 5.71 Å². The molecular formula is C11H13NO. The fraction of sp³-hybridized carbons (Fsp3) is 0.182. The van der Waals surface area contributed by atoms with Gasteiger partial charge in [-0.2, -0.15) is 0 Å². The van der Waals surface area contributed by atoms with Crippen LogP contribution in [0.2, 0.25) is 0 Å². The van der Waals surface area contributed by atoms with E-state index in [0.717, 1.165) is 17.5 Å². The van der Waals surface area contributed by atoms with E-state index in [1.165, 1.54) is 0 Å². The average molecular weight is 175 g/mol. The first-order valence-electron chi connectivity index (χ1n) is 4.17. The highest BCUT2D eigenvalue weighted by Gasteiger charge is 2.02. The number of hydrogen-bond acceptors (Lipinski definition) is 2. The molecule has 68 valence electrons. The van der Waals surface area contributed by atoms with Crippen LogP contribution in [-0.4, -0.2) is 10.9 Å². The van der Waals surface area contributed by atoms with E-state index < -0.39 is 0 Å². The fourth-order valence-electron chi connectivity index (χ4n) is 1.26. The van der Waals surface area contributed by atoms with Gasteiger partial charge in [-0.15, -0.1) is 6.58 Å². The van der Waals surface area contributed by atoms with E-state index in [1.54, 1.807) is 6.92 Å². The van der Waals surface area contributed by atoms with Gasteiger partial charge < -0.3 is 5.21 Å². The summed E-state index contributed by atoms with van der Waals surface area (Å²) < 4.78 is 0. The molecule has 0 fully saturated rings.